The number of carbonyl (C=O) groups excluding carboxylic acids is 1. The molecule has 0 saturated carbocycles. The summed E-state index contributed by atoms with van der Waals surface area (Å²) >= 11 is 0. The van der Waals surface area contributed by atoms with Gasteiger partial charge in [0.1, 0.15) is 6.07 Å². The second kappa shape index (κ2) is 3.87. The van der Waals surface area contributed by atoms with Crippen molar-refractivity contribution in [2.24, 2.45) is 5.73 Å². The number of rotatable bonds is 2. The van der Waals surface area contributed by atoms with Gasteiger partial charge in [-0.3, -0.25) is 9.89 Å². The molecule has 1 amide bonds. The first-order valence-electron chi connectivity index (χ1n) is 4.56. The first kappa shape index (κ1) is 9.93. The number of aromatic nitrogens is 2. The van der Waals surface area contributed by atoms with E-state index in [-0.39, 0.29) is 11.1 Å². The lowest BCUT2D eigenvalue weighted by Crippen LogP contribution is -2.13. The standard InChI is InChI=1S/C11H8N4O/c12-6-9-7(10-4-5-14-15-10)2-1-3-8(9)11(13)16/h1-5H,(H2,13,16)(H,14,15). The number of H-pyrrole nitrogens is 1. The summed E-state index contributed by atoms with van der Waals surface area (Å²) in [6.45, 7) is 0. The smallest absolute Gasteiger partial charge is 0.250 e. The van der Waals surface area contributed by atoms with Gasteiger partial charge in [-0.05, 0) is 12.1 Å². The summed E-state index contributed by atoms with van der Waals surface area (Å²) in [5.74, 6) is -0.613. The molecule has 0 aliphatic rings. The zero-order valence-electron chi connectivity index (χ0n) is 8.27. The molecule has 0 bridgehead atoms. The summed E-state index contributed by atoms with van der Waals surface area (Å²) in [7, 11) is 0. The monoisotopic (exact) mass is 212 g/mol. The Morgan fingerprint density at radius 1 is 1.44 bits per heavy atom. The molecule has 3 N–H and O–H groups in total. The van der Waals surface area contributed by atoms with Gasteiger partial charge in [0.25, 0.3) is 0 Å². The van der Waals surface area contributed by atoms with Crippen molar-refractivity contribution in [1.29, 1.82) is 5.26 Å². The Bertz CT molecular complexity index is 566. The van der Waals surface area contributed by atoms with Crippen molar-refractivity contribution in [3.05, 3.63) is 41.6 Å². The van der Waals surface area contributed by atoms with Gasteiger partial charge in [-0.15, -0.1) is 0 Å². The van der Waals surface area contributed by atoms with Gasteiger partial charge >= 0.3 is 0 Å². The minimum Gasteiger partial charge on any atom is -0.366 e. The molecule has 78 valence electrons. The van der Waals surface area contributed by atoms with Crippen LogP contribution in [0.2, 0.25) is 0 Å². The highest BCUT2D eigenvalue weighted by Crippen LogP contribution is 2.23. The van der Waals surface area contributed by atoms with E-state index < -0.39 is 5.91 Å². The molecule has 1 aromatic heterocycles. The van der Waals surface area contributed by atoms with Crippen LogP contribution in [0.1, 0.15) is 15.9 Å². The number of nitrogens with one attached hydrogen (secondary N) is 1. The van der Waals surface area contributed by atoms with E-state index >= 15 is 0 Å². The van der Waals surface area contributed by atoms with Crippen LogP contribution in [0.4, 0.5) is 0 Å². The van der Waals surface area contributed by atoms with Gasteiger partial charge in [-0.2, -0.15) is 10.4 Å². The van der Waals surface area contributed by atoms with E-state index in [1.807, 2.05) is 6.07 Å². The van der Waals surface area contributed by atoms with Crippen molar-refractivity contribution in [3.63, 3.8) is 0 Å². The van der Waals surface area contributed by atoms with Crippen LogP contribution in [-0.4, -0.2) is 16.1 Å². The van der Waals surface area contributed by atoms with Gasteiger partial charge in [-0.1, -0.05) is 12.1 Å². The lowest BCUT2D eigenvalue weighted by molar-refractivity contribution is 0.1000. The van der Waals surface area contributed by atoms with Gasteiger partial charge in [0.2, 0.25) is 5.91 Å². The van der Waals surface area contributed by atoms with E-state index in [0.29, 0.717) is 11.3 Å². The van der Waals surface area contributed by atoms with Crippen molar-refractivity contribution < 1.29 is 4.79 Å². The Hall–Kier alpha value is -2.61. The van der Waals surface area contributed by atoms with E-state index in [9.17, 15) is 4.79 Å². The van der Waals surface area contributed by atoms with Gasteiger partial charge in [0.15, 0.2) is 0 Å². The molecular formula is C11H8N4O. The first-order valence-corrected chi connectivity index (χ1v) is 4.56. The number of amides is 1. The summed E-state index contributed by atoms with van der Waals surface area (Å²) in [5.41, 5.74) is 6.98. The van der Waals surface area contributed by atoms with Crippen LogP contribution >= 0.6 is 0 Å². The van der Waals surface area contributed by atoms with Crippen LogP contribution in [0.3, 0.4) is 0 Å². The molecule has 16 heavy (non-hydrogen) atoms. The third kappa shape index (κ3) is 1.53. The number of nitrogens with zero attached hydrogens (tertiary/aromatic N) is 2. The number of nitrogens with two attached hydrogens (primary N) is 1. The van der Waals surface area contributed by atoms with E-state index in [1.165, 1.54) is 6.07 Å². The second-order valence-corrected chi connectivity index (χ2v) is 3.17. The van der Waals surface area contributed by atoms with Crippen LogP contribution < -0.4 is 5.73 Å². The number of aromatic amines is 1. The van der Waals surface area contributed by atoms with Crippen molar-refractivity contribution in [3.8, 4) is 17.3 Å². The number of carbonyl (C=O) groups is 1. The fourth-order valence-electron chi connectivity index (χ4n) is 1.51. The fourth-order valence-corrected chi connectivity index (χ4v) is 1.51. The summed E-state index contributed by atoms with van der Waals surface area (Å²) in [4.78, 5) is 11.1. The molecular weight excluding hydrogens is 204 g/mol. The minimum atomic E-state index is -0.613. The maximum atomic E-state index is 11.1. The highest BCUT2D eigenvalue weighted by atomic mass is 16.1. The molecule has 0 aliphatic carbocycles. The average molecular weight is 212 g/mol. The summed E-state index contributed by atoms with van der Waals surface area (Å²) < 4.78 is 0. The van der Waals surface area contributed by atoms with E-state index in [0.717, 1.165) is 0 Å². The number of hydrogen-bond donors (Lipinski definition) is 2. The van der Waals surface area contributed by atoms with Crippen molar-refractivity contribution in [2.75, 3.05) is 0 Å². The predicted molar refractivity (Wildman–Crippen MR) is 57.3 cm³/mol. The molecule has 0 spiro atoms. The maximum absolute atomic E-state index is 11.1. The van der Waals surface area contributed by atoms with Crippen molar-refractivity contribution >= 4 is 5.91 Å². The van der Waals surface area contributed by atoms with Crippen LogP contribution in [0.15, 0.2) is 30.5 Å². The van der Waals surface area contributed by atoms with E-state index in [4.69, 9.17) is 11.0 Å². The Balaban J connectivity index is 2.69. The third-order valence-corrected chi connectivity index (χ3v) is 2.23. The molecule has 0 saturated heterocycles. The van der Waals surface area contributed by atoms with E-state index in [2.05, 4.69) is 10.2 Å². The Morgan fingerprint density at radius 3 is 2.81 bits per heavy atom. The maximum Gasteiger partial charge on any atom is 0.250 e. The molecule has 0 unspecified atom stereocenters. The largest absolute Gasteiger partial charge is 0.366 e. The third-order valence-electron chi connectivity index (χ3n) is 2.23. The normalized spacial score (nSPS) is 9.69. The number of hydrogen-bond acceptors (Lipinski definition) is 3. The molecule has 5 heteroatoms. The molecule has 2 aromatic rings. The quantitative estimate of drug-likeness (QED) is 0.778. The highest BCUT2D eigenvalue weighted by Gasteiger charge is 2.13. The van der Waals surface area contributed by atoms with Crippen molar-refractivity contribution in [2.45, 2.75) is 0 Å². The molecule has 0 radical (unpaired) electrons. The Morgan fingerprint density at radius 2 is 2.25 bits per heavy atom. The zero-order chi connectivity index (χ0) is 11.5. The number of primary amides is 1. The van der Waals surface area contributed by atoms with Gasteiger partial charge in [0, 0.05) is 11.8 Å². The molecule has 2 rings (SSSR count). The Kier molecular flexibility index (Phi) is 2.40. The topological polar surface area (TPSA) is 95.6 Å². The molecule has 1 heterocycles. The lowest BCUT2D eigenvalue weighted by Gasteiger charge is -2.04. The van der Waals surface area contributed by atoms with E-state index in [1.54, 1.807) is 24.4 Å². The number of benzene rings is 1. The predicted octanol–water partition coefficient (Wildman–Crippen LogP) is 1.05. The summed E-state index contributed by atoms with van der Waals surface area (Å²) in [6, 6.07) is 8.65. The molecule has 5 nitrogen and oxygen atoms in total. The number of nitriles is 1. The van der Waals surface area contributed by atoms with Gasteiger partial charge < -0.3 is 5.73 Å². The molecule has 0 aliphatic heterocycles. The Labute approximate surface area is 91.5 Å². The minimum absolute atomic E-state index is 0.217. The van der Waals surface area contributed by atoms with Gasteiger partial charge in [0.05, 0.1) is 16.8 Å². The zero-order valence-corrected chi connectivity index (χ0v) is 8.27. The fraction of sp³-hybridized carbons (Fsp3) is 0. The second-order valence-electron chi connectivity index (χ2n) is 3.17. The lowest BCUT2D eigenvalue weighted by atomic mass is 9.99. The molecule has 0 fully saturated rings. The highest BCUT2D eigenvalue weighted by molar-refractivity contribution is 5.97. The molecule has 1 aromatic carbocycles. The van der Waals surface area contributed by atoms with Crippen LogP contribution in [0.25, 0.3) is 11.3 Å². The average Bonchev–Trinajstić information content (AvgIpc) is 2.81. The van der Waals surface area contributed by atoms with Crippen LogP contribution in [-0.2, 0) is 0 Å². The van der Waals surface area contributed by atoms with Crippen LogP contribution in [0, 0.1) is 11.3 Å². The summed E-state index contributed by atoms with van der Waals surface area (Å²) in [5, 5.41) is 15.6. The van der Waals surface area contributed by atoms with Crippen molar-refractivity contribution in [1.82, 2.24) is 10.2 Å². The van der Waals surface area contributed by atoms with Gasteiger partial charge in [-0.25, -0.2) is 0 Å². The van der Waals surface area contributed by atoms with Crippen LogP contribution in [0.5, 0.6) is 0 Å². The SMILES string of the molecule is N#Cc1c(C(N)=O)cccc1-c1ccn[nH]1. The molecule has 0 atom stereocenters. The first-order chi connectivity index (χ1) is 7.74. The summed E-state index contributed by atoms with van der Waals surface area (Å²) in [6.07, 6.45) is 1.58.